The van der Waals surface area contributed by atoms with E-state index in [9.17, 15) is 4.79 Å². The maximum atomic E-state index is 11.1. The zero-order valence-corrected chi connectivity index (χ0v) is 11.2. The Hall–Kier alpha value is -2.01. The number of halogens is 1. The van der Waals surface area contributed by atoms with Crippen molar-refractivity contribution in [2.75, 3.05) is 5.32 Å². The van der Waals surface area contributed by atoms with E-state index in [1.54, 1.807) is 19.2 Å². The number of aryl methyl sites for hydroxylation is 1. The Morgan fingerprint density at radius 2 is 2.26 bits per heavy atom. The summed E-state index contributed by atoms with van der Waals surface area (Å²) < 4.78 is 5.39. The zero-order valence-electron chi connectivity index (χ0n) is 10.5. The SMILES string of the molecule is Cc1cnc(C(C)Nc2cc(Cl)ccc2C(=O)O)o1. The first-order chi connectivity index (χ1) is 8.97. The first-order valence-electron chi connectivity index (χ1n) is 5.69. The number of carboxylic acids is 1. The van der Waals surface area contributed by atoms with E-state index >= 15 is 0 Å². The summed E-state index contributed by atoms with van der Waals surface area (Å²) >= 11 is 5.88. The lowest BCUT2D eigenvalue weighted by Gasteiger charge is -2.14. The Kier molecular flexibility index (Phi) is 3.76. The highest BCUT2D eigenvalue weighted by molar-refractivity contribution is 6.31. The maximum absolute atomic E-state index is 11.1. The molecule has 1 unspecified atom stereocenters. The molecule has 1 aromatic heterocycles. The third kappa shape index (κ3) is 3.06. The topological polar surface area (TPSA) is 75.4 Å². The predicted molar refractivity (Wildman–Crippen MR) is 71.7 cm³/mol. The quantitative estimate of drug-likeness (QED) is 0.896. The van der Waals surface area contributed by atoms with Gasteiger partial charge < -0.3 is 14.8 Å². The molecular formula is C13H13ClN2O3. The van der Waals surface area contributed by atoms with Gasteiger partial charge in [-0.1, -0.05) is 11.6 Å². The number of hydrogen-bond acceptors (Lipinski definition) is 4. The Labute approximate surface area is 115 Å². The van der Waals surface area contributed by atoms with Crippen LogP contribution in [0.4, 0.5) is 5.69 Å². The van der Waals surface area contributed by atoms with E-state index in [0.717, 1.165) is 0 Å². The first kappa shape index (κ1) is 13.4. The van der Waals surface area contributed by atoms with Crippen molar-refractivity contribution in [2.45, 2.75) is 19.9 Å². The van der Waals surface area contributed by atoms with Gasteiger partial charge in [0.2, 0.25) is 5.89 Å². The number of aromatic nitrogens is 1. The van der Waals surface area contributed by atoms with Crippen LogP contribution in [-0.4, -0.2) is 16.1 Å². The molecule has 0 saturated carbocycles. The van der Waals surface area contributed by atoms with Crippen molar-refractivity contribution in [3.05, 3.63) is 46.6 Å². The fourth-order valence-corrected chi connectivity index (χ4v) is 1.86. The summed E-state index contributed by atoms with van der Waals surface area (Å²) in [6, 6.07) is 4.30. The van der Waals surface area contributed by atoms with Crippen LogP contribution in [0.3, 0.4) is 0 Å². The lowest BCUT2D eigenvalue weighted by molar-refractivity contribution is 0.0698. The van der Waals surface area contributed by atoms with Crippen LogP contribution in [0.15, 0.2) is 28.8 Å². The van der Waals surface area contributed by atoms with Gasteiger partial charge in [-0.15, -0.1) is 0 Å². The number of rotatable bonds is 4. The highest BCUT2D eigenvalue weighted by atomic mass is 35.5. The molecule has 0 bridgehead atoms. The second kappa shape index (κ2) is 5.32. The van der Waals surface area contributed by atoms with E-state index in [1.807, 2.05) is 6.92 Å². The smallest absolute Gasteiger partial charge is 0.337 e. The second-order valence-corrected chi connectivity index (χ2v) is 4.61. The van der Waals surface area contributed by atoms with Crippen LogP contribution in [0.2, 0.25) is 5.02 Å². The molecule has 0 amide bonds. The van der Waals surface area contributed by atoms with Crippen LogP contribution in [0.1, 0.15) is 35.0 Å². The number of hydrogen-bond donors (Lipinski definition) is 2. The monoisotopic (exact) mass is 280 g/mol. The Morgan fingerprint density at radius 3 is 2.84 bits per heavy atom. The molecule has 2 rings (SSSR count). The molecule has 2 aromatic rings. The molecule has 0 spiro atoms. The van der Waals surface area contributed by atoms with Crippen molar-refractivity contribution in [2.24, 2.45) is 0 Å². The minimum atomic E-state index is -1.02. The fraction of sp³-hybridized carbons (Fsp3) is 0.231. The lowest BCUT2D eigenvalue weighted by atomic mass is 10.1. The van der Waals surface area contributed by atoms with Crippen LogP contribution < -0.4 is 5.32 Å². The van der Waals surface area contributed by atoms with E-state index in [0.29, 0.717) is 22.4 Å². The number of oxazole rings is 1. The van der Waals surface area contributed by atoms with Gasteiger partial charge in [-0.2, -0.15) is 0 Å². The minimum absolute atomic E-state index is 0.152. The van der Waals surface area contributed by atoms with E-state index in [-0.39, 0.29) is 11.6 Å². The molecule has 5 nitrogen and oxygen atoms in total. The highest BCUT2D eigenvalue weighted by Gasteiger charge is 2.16. The van der Waals surface area contributed by atoms with Crippen molar-refractivity contribution < 1.29 is 14.3 Å². The first-order valence-corrected chi connectivity index (χ1v) is 6.07. The highest BCUT2D eigenvalue weighted by Crippen LogP contribution is 2.25. The van der Waals surface area contributed by atoms with Gasteiger partial charge >= 0.3 is 5.97 Å². The largest absolute Gasteiger partial charge is 0.478 e. The van der Waals surface area contributed by atoms with E-state index in [1.165, 1.54) is 12.1 Å². The molecular weight excluding hydrogens is 268 g/mol. The van der Waals surface area contributed by atoms with Crippen LogP contribution in [-0.2, 0) is 0 Å². The molecule has 2 N–H and O–H groups in total. The van der Waals surface area contributed by atoms with Crippen LogP contribution in [0, 0.1) is 6.92 Å². The standard InChI is InChI=1S/C13H13ClN2O3/c1-7-6-15-12(19-7)8(2)16-11-5-9(14)3-4-10(11)13(17)18/h3-6,8,16H,1-2H3,(H,17,18). The van der Waals surface area contributed by atoms with Gasteiger partial charge in [0.05, 0.1) is 17.4 Å². The van der Waals surface area contributed by atoms with Crippen LogP contribution >= 0.6 is 11.6 Å². The van der Waals surface area contributed by atoms with E-state index < -0.39 is 5.97 Å². The number of benzene rings is 1. The fourth-order valence-electron chi connectivity index (χ4n) is 1.69. The Balaban J connectivity index is 2.27. The molecule has 6 heteroatoms. The summed E-state index contributed by atoms with van der Waals surface area (Å²) in [5.74, 6) is 0.178. The summed E-state index contributed by atoms with van der Waals surface area (Å²) in [4.78, 5) is 15.2. The molecule has 0 fully saturated rings. The van der Waals surface area contributed by atoms with Gasteiger partial charge in [0.15, 0.2) is 0 Å². The molecule has 100 valence electrons. The lowest BCUT2D eigenvalue weighted by Crippen LogP contribution is -2.11. The normalized spacial score (nSPS) is 12.2. The molecule has 0 aliphatic heterocycles. The summed E-state index contributed by atoms with van der Waals surface area (Å²) in [7, 11) is 0. The Bertz CT molecular complexity index is 610. The molecule has 1 aromatic carbocycles. The third-order valence-electron chi connectivity index (χ3n) is 2.59. The van der Waals surface area contributed by atoms with Crippen molar-refractivity contribution >= 4 is 23.3 Å². The number of nitrogens with zero attached hydrogens (tertiary/aromatic N) is 1. The van der Waals surface area contributed by atoms with Crippen molar-refractivity contribution in [3.8, 4) is 0 Å². The van der Waals surface area contributed by atoms with Gasteiger partial charge in [-0.3, -0.25) is 0 Å². The second-order valence-electron chi connectivity index (χ2n) is 4.17. The molecule has 0 aliphatic rings. The van der Waals surface area contributed by atoms with Gasteiger partial charge in [-0.05, 0) is 32.0 Å². The summed E-state index contributed by atoms with van der Waals surface area (Å²) in [6.07, 6.45) is 1.61. The minimum Gasteiger partial charge on any atom is -0.478 e. The summed E-state index contributed by atoms with van der Waals surface area (Å²) in [5, 5.41) is 12.6. The number of nitrogens with one attached hydrogen (secondary N) is 1. The molecule has 0 aliphatic carbocycles. The van der Waals surface area contributed by atoms with Crippen molar-refractivity contribution in [1.29, 1.82) is 0 Å². The number of anilines is 1. The van der Waals surface area contributed by atoms with Crippen LogP contribution in [0.5, 0.6) is 0 Å². The van der Waals surface area contributed by atoms with Crippen LogP contribution in [0.25, 0.3) is 0 Å². The summed E-state index contributed by atoms with van der Waals surface area (Å²) in [5.41, 5.74) is 0.586. The summed E-state index contributed by atoms with van der Waals surface area (Å²) in [6.45, 7) is 3.63. The number of carbonyl (C=O) groups is 1. The predicted octanol–water partition coefficient (Wildman–Crippen LogP) is 3.51. The molecule has 1 atom stereocenters. The molecule has 1 heterocycles. The average molecular weight is 281 g/mol. The zero-order chi connectivity index (χ0) is 14.0. The van der Waals surface area contributed by atoms with Gasteiger partial charge in [0.25, 0.3) is 0 Å². The molecule has 19 heavy (non-hydrogen) atoms. The maximum Gasteiger partial charge on any atom is 0.337 e. The molecule has 0 saturated heterocycles. The Morgan fingerprint density at radius 1 is 1.53 bits per heavy atom. The van der Waals surface area contributed by atoms with Gasteiger partial charge in [0, 0.05) is 5.02 Å². The average Bonchev–Trinajstić information content (AvgIpc) is 2.75. The van der Waals surface area contributed by atoms with Crippen molar-refractivity contribution in [3.63, 3.8) is 0 Å². The molecule has 0 radical (unpaired) electrons. The van der Waals surface area contributed by atoms with E-state index in [2.05, 4.69) is 10.3 Å². The third-order valence-corrected chi connectivity index (χ3v) is 2.83. The number of aromatic carboxylic acids is 1. The van der Waals surface area contributed by atoms with Crippen molar-refractivity contribution in [1.82, 2.24) is 4.98 Å². The van der Waals surface area contributed by atoms with Gasteiger partial charge in [0.1, 0.15) is 11.8 Å². The van der Waals surface area contributed by atoms with Gasteiger partial charge in [-0.25, -0.2) is 9.78 Å². The number of carboxylic acid groups (broad SMARTS) is 1. The van der Waals surface area contributed by atoms with E-state index in [4.69, 9.17) is 21.1 Å².